The number of nitrogens with one attached hydrogen (secondary N) is 2. The molecule has 8 heteroatoms. The first-order valence-electron chi connectivity index (χ1n) is 8.97. The number of carbonyl (C=O) groups excluding carboxylic acids is 1. The van der Waals surface area contributed by atoms with Crippen LogP contribution < -0.4 is 16.4 Å². The van der Waals surface area contributed by atoms with E-state index in [1.807, 2.05) is 0 Å². The van der Waals surface area contributed by atoms with Gasteiger partial charge in [0.25, 0.3) is 5.91 Å². The summed E-state index contributed by atoms with van der Waals surface area (Å²) in [6.45, 7) is 0. The number of anilines is 2. The Kier molecular flexibility index (Phi) is 5.70. The average Bonchev–Trinajstić information content (AvgIpc) is 3.00. The van der Waals surface area contributed by atoms with E-state index in [-0.39, 0.29) is 17.6 Å². The molecule has 8 nitrogen and oxygen atoms in total. The number of hydrogen-bond acceptors (Lipinski definition) is 7. The van der Waals surface area contributed by atoms with Crippen LogP contribution in [0, 0.1) is 0 Å². The fourth-order valence-electron chi connectivity index (χ4n) is 3.65. The average molecular weight is 349 g/mol. The van der Waals surface area contributed by atoms with Gasteiger partial charge in [0.2, 0.25) is 5.95 Å². The molecule has 2 aliphatic carbocycles. The Morgan fingerprint density at radius 3 is 2.60 bits per heavy atom. The molecule has 0 radical (unpaired) electrons. The Balaban J connectivity index is 1.70. The van der Waals surface area contributed by atoms with Gasteiger partial charge in [0, 0.05) is 19.3 Å². The second-order valence-corrected chi connectivity index (χ2v) is 6.92. The van der Waals surface area contributed by atoms with E-state index in [0.717, 1.165) is 44.9 Å². The fourth-order valence-corrected chi connectivity index (χ4v) is 3.65. The molecular formula is C17H27N5O3. The molecule has 1 amide bonds. The minimum atomic E-state index is -0.581. The third-order valence-electron chi connectivity index (χ3n) is 5.20. The first-order valence-corrected chi connectivity index (χ1v) is 8.97. The van der Waals surface area contributed by atoms with Crippen LogP contribution in [0.15, 0.2) is 6.20 Å². The molecule has 2 atom stereocenters. The molecule has 0 unspecified atom stereocenters. The van der Waals surface area contributed by atoms with Gasteiger partial charge >= 0.3 is 0 Å². The maximum Gasteiger partial charge on any atom is 0.254 e. The Hall–Kier alpha value is -1.93. The number of methoxy groups -OCH3 is 1. The quantitative estimate of drug-likeness (QED) is 0.610. The molecule has 1 aromatic rings. The van der Waals surface area contributed by atoms with Gasteiger partial charge in [-0.05, 0) is 44.9 Å². The van der Waals surface area contributed by atoms with Crippen molar-refractivity contribution in [2.45, 2.75) is 69.2 Å². The summed E-state index contributed by atoms with van der Waals surface area (Å²) in [6, 6.07) is 0.175. The number of aliphatic hydroxyl groups excluding tert-OH is 1. The van der Waals surface area contributed by atoms with E-state index in [1.165, 1.54) is 6.20 Å². The van der Waals surface area contributed by atoms with Crippen LogP contribution in [0.3, 0.4) is 0 Å². The number of rotatable bonds is 6. The fraction of sp³-hybridized carbons (Fsp3) is 0.706. The van der Waals surface area contributed by atoms with E-state index < -0.39 is 12.0 Å². The van der Waals surface area contributed by atoms with E-state index in [0.29, 0.717) is 17.9 Å². The standard InChI is InChI=1S/C17H27N5O3/c1-25-11-7-5-10(6-8-11)20-17-19-9-12(15(18)24)16(22-17)21-13-3-2-4-14(13)23/h9-11,13-14,23H,2-8H2,1H3,(H2,18,24)(H2,19,20,21,22)/t10?,11?,13-,14+/m0/s1. The molecule has 2 aliphatic rings. The number of aliphatic hydroxyl groups is 1. The third-order valence-corrected chi connectivity index (χ3v) is 5.20. The van der Waals surface area contributed by atoms with Crippen molar-refractivity contribution in [3.8, 4) is 0 Å². The predicted molar refractivity (Wildman–Crippen MR) is 94.5 cm³/mol. The van der Waals surface area contributed by atoms with Gasteiger partial charge in [0.05, 0.1) is 23.8 Å². The number of carbonyl (C=O) groups is 1. The third kappa shape index (κ3) is 4.38. The molecule has 2 fully saturated rings. The highest BCUT2D eigenvalue weighted by molar-refractivity contribution is 5.97. The first kappa shape index (κ1) is 17.9. The van der Waals surface area contributed by atoms with Crippen LogP contribution in [-0.2, 0) is 4.74 Å². The normalized spacial score (nSPS) is 29.4. The summed E-state index contributed by atoms with van der Waals surface area (Å²) < 4.78 is 5.39. The monoisotopic (exact) mass is 349 g/mol. The van der Waals surface area contributed by atoms with Crippen LogP contribution in [0.25, 0.3) is 0 Å². The van der Waals surface area contributed by atoms with Crippen molar-refractivity contribution in [3.05, 3.63) is 11.8 Å². The molecule has 1 aromatic heterocycles. The van der Waals surface area contributed by atoms with E-state index in [4.69, 9.17) is 10.5 Å². The Bertz CT molecular complexity index is 604. The van der Waals surface area contributed by atoms with Gasteiger partial charge in [-0.2, -0.15) is 4.98 Å². The van der Waals surface area contributed by atoms with Gasteiger partial charge in [-0.15, -0.1) is 0 Å². The number of aromatic nitrogens is 2. The molecule has 0 aliphatic heterocycles. The maximum absolute atomic E-state index is 11.7. The van der Waals surface area contributed by atoms with Crippen molar-refractivity contribution in [2.75, 3.05) is 17.7 Å². The highest BCUT2D eigenvalue weighted by Gasteiger charge is 2.27. The molecule has 1 heterocycles. The Morgan fingerprint density at radius 2 is 2.00 bits per heavy atom. The second kappa shape index (κ2) is 7.97. The number of nitrogens with two attached hydrogens (primary N) is 1. The molecule has 5 N–H and O–H groups in total. The zero-order valence-electron chi connectivity index (χ0n) is 14.6. The van der Waals surface area contributed by atoms with E-state index in [2.05, 4.69) is 20.6 Å². The summed E-state index contributed by atoms with van der Waals surface area (Å²) in [5.41, 5.74) is 5.68. The van der Waals surface area contributed by atoms with Gasteiger partial charge in [-0.25, -0.2) is 4.98 Å². The minimum absolute atomic E-state index is 0.113. The van der Waals surface area contributed by atoms with Gasteiger partial charge in [0.1, 0.15) is 5.82 Å². The van der Waals surface area contributed by atoms with E-state index in [1.54, 1.807) is 7.11 Å². The molecule has 138 valence electrons. The van der Waals surface area contributed by atoms with Crippen molar-refractivity contribution in [1.29, 1.82) is 0 Å². The molecule has 0 saturated heterocycles. The SMILES string of the molecule is COC1CCC(Nc2ncc(C(N)=O)c(N[C@H]3CCC[C@H]3O)n2)CC1. The molecule has 2 saturated carbocycles. The van der Waals surface area contributed by atoms with Crippen LogP contribution in [0.2, 0.25) is 0 Å². The lowest BCUT2D eigenvalue weighted by Crippen LogP contribution is -2.32. The van der Waals surface area contributed by atoms with Crippen molar-refractivity contribution in [3.63, 3.8) is 0 Å². The van der Waals surface area contributed by atoms with E-state index in [9.17, 15) is 9.90 Å². The van der Waals surface area contributed by atoms with Gasteiger partial charge in [-0.1, -0.05) is 0 Å². The molecular weight excluding hydrogens is 322 g/mol. The van der Waals surface area contributed by atoms with Crippen molar-refractivity contribution in [2.24, 2.45) is 5.73 Å². The highest BCUT2D eigenvalue weighted by Crippen LogP contribution is 2.26. The Labute approximate surface area is 147 Å². The molecule has 25 heavy (non-hydrogen) atoms. The highest BCUT2D eigenvalue weighted by atomic mass is 16.5. The van der Waals surface area contributed by atoms with Crippen molar-refractivity contribution < 1.29 is 14.6 Å². The van der Waals surface area contributed by atoms with Crippen LogP contribution in [0.5, 0.6) is 0 Å². The van der Waals surface area contributed by atoms with Gasteiger partial charge in [0.15, 0.2) is 0 Å². The summed E-state index contributed by atoms with van der Waals surface area (Å²) in [6.07, 6.45) is 7.88. The summed E-state index contributed by atoms with van der Waals surface area (Å²) in [7, 11) is 1.75. The Morgan fingerprint density at radius 1 is 1.24 bits per heavy atom. The van der Waals surface area contributed by atoms with Gasteiger partial charge < -0.3 is 26.2 Å². The number of amides is 1. The maximum atomic E-state index is 11.7. The first-order chi connectivity index (χ1) is 12.1. The summed E-state index contributed by atoms with van der Waals surface area (Å²) in [5, 5.41) is 16.5. The van der Waals surface area contributed by atoms with Gasteiger partial charge in [-0.3, -0.25) is 4.79 Å². The minimum Gasteiger partial charge on any atom is -0.391 e. The molecule has 0 spiro atoms. The second-order valence-electron chi connectivity index (χ2n) is 6.92. The van der Waals surface area contributed by atoms with Crippen molar-refractivity contribution in [1.82, 2.24) is 9.97 Å². The lowest BCUT2D eigenvalue weighted by Gasteiger charge is -2.28. The smallest absolute Gasteiger partial charge is 0.254 e. The van der Waals surface area contributed by atoms with E-state index >= 15 is 0 Å². The molecule has 3 rings (SSSR count). The molecule has 0 bridgehead atoms. The number of ether oxygens (including phenoxy) is 1. The molecule has 0 aromatic carbocycles. The largest absolute Gasteiger partial charge is 0.391 e. The predicted octanol–water partition coefficient (Wildman–Crippen LogP) is 1.27. The topological polar surface area (TPSA) is 122 Å². The zero-order chi connectivity index (χ0) is 17.8. The lowest BCUT2D eigenvalue weighted by molar-refractivity contribution is 0.0681. The van der Waals surface area contributed by atoms with Crippen LogP contribution in [0.1, 0.15) is 55.3 Å². The summed E-state index contributed by atoms with van der Waals surface area (Å²) >= 11 is 0. The summed E-state index contributed by atoms with van der Waals surface area (Å²) in [5.74, 6) is 0.282. The summed E-state index contributed by atoms with van der Waals surface area (Å²) in [4.78, 5) is 20.3. The number of nitrogens with zero attached hydrogens (tertiary/aromatic N) is 2. The van der Waals surface area contributed by atoms with Crippen LogP contribution >= 0.6 is 0 Å². The van der Waals surface area contributed by atoms with Crippen LogP contribution in [-0.4, -0.2) is 52.4 Å². The number of hydrogen-bond donors (Lipinski definition) is 4. The van der Waals surface area contributed by atoms with Crippen molar-refractivity contribution >= 4 is 17.7 Å². The number of primary amides is 1. The van der Waals surface area contributed by atoms with Crippen LogP contribution in [0.4, 0.5) is 11.8 Å². The zero-order valence-corrected chi connectivity index (χ0v) is 14.6. The lowest BCUT2D eigenvalue weighted by atomic mass is 9.93.